The van der Waals surface area contributed by atoms with Gasteiger partial charge in [-0.25, -0.2) is 15.0 Å². The lowest BCUT2D eigenvalue weighted by Crippen LogP contribution is -2.25. The van der Waals surface area contributed by atoms with Crippen LogP contribution in [0, 0.1) is 0 Å². The van der Waals surface area contributed by atoms with Gasteiger partial charge in [0.15, 0.2) is 17.5 Å². The van der Waals surface area contributed by atoms with Crippen LogP contribution in [0.15, 0.2) is 152 Å². The number of benzene rings is 7. The maximum atomic E-state index is 5.18. The van der Waals surface area contributed by atoms with Crippen molar-refractivity contribution in [2.75, 3.05) is 0 Å². The summed E-state index contributed by atoms with van der Waals surface area (Å²) in [7, 11) is 0. The minimum atomic E-state index is -0.0962. The van der Waals surface area contributed by atoms with Crippen molar-refractivity contribution in [3.8, 4) is 45.3 Å². The summed E-state index contributed by atoms with van der Waals surface area (Å²) in [6.07, 6.45) is 2.00. The van der Waals surface area contributed by atoms with Crippen LogP contribution in [0.2, 0.25) is 0 Å². The fraction of sp³-hybridized carbons (Fsp3) is 0.0682. The molecular formula is C44H29N3. The number of rotatable bonds is 3. The topological polar surface area (TPSA) is 38.7 Å². The van der Waals surface area contributed by atoms with Crippen LogP contribution in [0.1, 0.15) is 22.3 Å². The summed E-state index contributed by atoms with van der Waals surface area (Å²) in [6.45, 7) is 0. The zero-order valence-corrected chi connectivity index (χ0v) is 25.7. The first-order valence-electron chi connectivity index (χ1n) is 16.3. The van der Waals surface area contributed by atoms with Gasteiger partial charge < -0.3 is 0 Å². The second-order valence-electron chi connectivity index (χ2n) is 12.9. The lowest BCUT2D eigenvalue weighted by Gasteiger charge is -2.27. The lowest BCUT2D eigenvalue weighted by molar-refractivity contribution is 0.564. The lowest BCUT2D eigenvalue weighted by atomic mass is 9.75. The molecular weight excluding hydrogens is 571 g/mol. The van der Waals surface area contributed by atoms with E-state index >= 15 is 0 Å². The van der Waals surface area contributed by atoms with E-state index < -0.39 is 0 Å². The molecule has 0 amide bonds. The summed E-state index contributed by atoms with van der Waals surface area (Å²) in [5.74, 6) is 2.04. The van der Waals surface area contributed by atoms with Crippen LogP contribution < -0.4 is 0 Å². The fourth-order valence-corrected chi connectivity index (χ4v) is 8.01. The quantitative estimate of drug-likeness (QED) is 0.203. The van der Waals surface area contributed by atoms with Gasteiger partial charge in [0.1, 0.15) is 0 Å². The standard InChI is InChI=1S/C44H29N3/c1-3-11-30-23-32(19-17-28(30)9-1)41-45-42(33-20-18-29-10-2-4-12-31(29)24-33)47-43(46-41)34-21-22-38-37-15-7-8-16-39(37)44(40(38)25-34)26-35-13-5-6-14-36(35)27-44/h1-25H,26-27H2. The fourth-order valence-electron chi connectivity index (χ4n) is 8.01. The van der Waals surface area contributed by atoms with Crippen LogP contribution in [0.3, 0.4) is 0 Å². The van der Waals surface area contributed by atoms with E-state index in [0.29, 0.717) is 17.5 Å². The molecule has 3 heteroatoms. The van der Waals surface area contributed by atoms with Crippen LogP contribution in [0.4, 0.5) is 0 Å². The van der Waals surface area contributed by atoms with Gasteiger partial charge in [-0.3, -0.25) is 0 Å². The molecule has 10 rings (SSSR count). The molecule has 0 radical (unpaired) electrons. The summed E-state index contributed by atoms with van der Waals surface area (Å²) in [4.78, 5) is 15.4. The number of hydrogen-bond acceptors (Lipinski definition) is 3. The summed E-state index contributed by atoms with van der Waals surface area (Å²) in [5, 5.41) is 4.72. The van der Waals surface area contributed by atoms with E-state index in [4.69, 9.17) is 15.0 Å². The highest BCUT2D eigenvalue weighted by Gasteiger charge is 2.47. The Morgan fingerprint density at radius 1 is 0.362 bits per heavy atom. The molecule has 220 valence electrons. The average molecular weight is 600 g/mol. The molecule has 0 fully saturated rings. The highest BCUT2D eigenvalue weighted by atomic mass is 15.0. The van der Waals surface area contributed by atoms with E-state index in [1.54, 1.807) is 0 Å². The van der Waals surface area contributed by atoms with E-state index in [9.17, 15) is 0 Å². The third kappa shape index (κ3) is 4.10. The van der Waals surface area contributed by atoms with Gasteiger partial charge in [0, 0.05) is 22.1 Å². The molecule has 0 N–H and O–H groups in total. The van der Waals surface area contributed by atoms with Crippen molar-refractivity contribution in [2.45, 2.75) is 18.3 Å². The van der Waals surface area contributed by atoms with Crippen molar-refractivity contribution in [1.82, 2.24) is 15.0 Å². The molecule has 2 aliphatic rings. The van der Waals surface area contributed by atoms with E-state index in [1.807, 2.05) is 0 Å². The van der Waals surface area contributed by atoms with Crippen molar-refractivity contribution in [2.24, 2.45) is 0 Å². The maximum absolute atomic E-state index is 5.18. The van der Waals surface area contributed by atoms with Gasteiger partial charge in [0.2, 0.25) is 0 Å². The molecule has 0 saturated carbocycles. The third-order valence-corrected chi connectivity index (χ3v) is 10.3. The molecule has 8 aromatic rings. The van der Waals surface area contributed by atoms with Gasteiger partial charge >= 0.3 is 0 Å². The van der Waals surface area contributed by atoms with Gasteiger partial charge in [-0.2, -0.15) is 0 Å². The molecule has 0 atom stereocenters. The Morgan fingerprint density at radius 2 is 0.809 bits per heavy atom. The number of nitrogens with zero attached hydrogens (tertiary/aromatic N) is 3. The van der Waals surface area contributed by atoms with Gasteiger partial charge in [0.25, 0.3) is 0 Å². The Balaban J connectivity index is 1.17. The summed E-state index contributed by atoms with van der Waals surface area (Å²) >= 11 is 0. The predicted octanol–water partition coefficient (Wildman–Crippen LogP) is 10.2. The Morgan fingerprint density at radius 3 is 1.40 bits per heavy atom. The van der Waals surface area contributed by atoms with Crippen molar-refractivity contribution in [1.29, 1.82) is 0 Å². The van der Waals surface area contributed by atoms with Gasteiger partial charge in [-0.05, 0) is 86.0 Å². The highest BCUT2D eigenvalue weighted by molar-refractivity contribution is 5.89. The molecule has 0 aliphatic heterocycles. The third-order valence-electron chi connectivity index (χ3n) is 10.3. The van der Waals surface area contributed by atoms with Crippen molar-refractivity contribution < 1.29 is 0 Å². The van der Waals surface area contributed by atoms with Crippen LogP contribution in [0.5, 0.6) is 0 Å². The first-order valence-corrected chi connectivity index (χ1v) is 16.3. The summed E-state index contributed by atoms with van der Waals surface area (Å²) < 4.78 is 0. The second-order valence-corrected chi connectivity index (χ2v) is 12.9. The van der Waals surface area contributed by atoms with Crippen LogP contribution in [-0.4, -0.2) is 15.0 Å². The molecule has 0 saturated heterocycles. The minimum absolute atomic E-state index is 0.0962. The SMILES string of the molecule is c1ccc2c(c1)CC1(C2)c2ccccc2-c2ccc(-c3nc(-c4ccc5ccccc5c4)nc(-c4ccc5ccccc5c4)n3)cc21. The Labute approximate surface area is 273 Å². The maximum Gasteiger partial charge on any atom is 0.164 e. The van der Waals surface area contributed by atoms with Crippen LogP contribution >= 0.6 is 0 Å². The molecule has 0 bridgehead atoms. The zero-order chi connectivity index (χ0) is 31.0. The van der Waals surface area contributed by atoms with E-state index in [2.05, 4.69) is 152 Å². The van der Waals surface area contributed by atoms with Gasteiger partial charge in [-0.1, -0.05) is 133 Å². The first kappa shape index (κ1) is 26.3. The first-order chi connectivity index (χ1) is 23.2. The average Bonchev–Trinajstić information content (AvgIpc) is 3.66. The molecule has 2 aliphatic carbocycles. The van der Waals surface area contributed by atoms with E-state index in [1.165, 1.54) is 44.2 Å². The molecule has 7 aromatic carbocycles. The Hall–Kier alpha value is -5.93. The Bertz CT molecular complexity index is 2420. The molecule has 1 heterocycles. The normalized spacial score (nSPS) is 14.0. The monoisotopic (exact) mass is 599 g/mol. The van der Waals surface area contributed by atoms with Gasteiger partial charge in [0.05, 0.1) is 0 Å². The smallest absolute Gasteiger partial charge is 0.164 e. The largest absolute Gasteiger partial charge is 0.208 e. The predicted molar refractivity (Wildman–Crippen MR) is 191 cm³/mol. The second kappa shape index (κ2) is 10.0. The van der Waals surface area contributed by atoms with Crippen LogP contribution in [0.25, 0.3) is 66.8 Å². The summed E-state index contributed by atoms with van der Waals surface area (Å²) in [6, 6.07) is 54.5. The van der Waals surface area contributed by atoms with E-state index in [0.717, 1.165) is 40.3 Å². The van der Waals surface area contributed by atoms with E-state index in [-0.39, 0.29) is 5.41 Å². The van der Waals surface area contributed by atoms with Crippen molar-refractivity contribution >= 4 is 21.5 Å². The number of fused-ring (bicyclic) bond motifs is 8. The minimum Gasteiger partial charge on any atom is -0.208 e. The number of hydrogen-bond donors (Lipinski definition) is 0. The van der Waals surface area contributed by atoms with Crippen molar-refractivity contribution in [3.63, 3.8) is 0 Å². The number of aromatic nitrogens is 3. The molecule has 1 aromatic heterocycles. The molecule has 1 spiro atoms. The molecule has 0 unspecified atom stereocenters. The molecule has 47 heavy (non-hydrogen) atoms. The zero-order valence-electron chi connectivity index (χ0n) is 25.7. The van der Waals surface area contributed by atoms with Gasteiger partial charge in [-0.15, -0.1) is 0 Å². The van der Waals surface area contributed by atoms with Crippen molar-refractivity contribution in [3.05, 3.63) is 174 Å². The highest BCUT2D eigenvalue weighted by Crippen LogP contribution is 2.55. The Kier molecular flexibility index (Phi) is 5.62. The molecule has 3 nitrogen and oxygen atoms in total. The summed E-state index contributed by atoms with van der Waals surface area (Å²) in [5.41, 5.74) is 11.2. The van der Waals surface area contributed by atoms with Crippen LogP contribution in [-0.2, 0) is 18.3 Å².